The molecule has 1 amide bonds. The molecule has 156 valence electrons. The standard InChI is InChI=1S/C24H26N2O4/c1-14(2)21(26-23(28)17-9-7-8-15(3)12-17)24(29)30-16(4)22(27)19-13-25-20-11-6-5-10-18(19)20/h5-14,16,21,25H,1-4H3,(H,26,28)/t16?,21-/m0/s1. The van der Waals surface area contributed by atoms with Gasteiger partial charge in [0.05, 0.1) is 0 Å². The molecule has 3 rings (SSSR count). The molecule has 0 aliphatic carbocycles. The van der Waals surface area contributed by atoms with Crippen LogP contribution in [0.3, 0.4) is 0 Å². The Bertz CT molecular complexity index is 1080. The fraction of sp³-hybridized carbons (Fsp3) is 0.292. The summed E-state index contributed by atoms with van der Waals surface area (Å²) in [6, 6.07) is 13.7. The smallest absolute Gasteiger partial charge is 0.329 e. The molecule has 1 unspecified atom stereocenters. The molecule has 0 radical (unpaired) electrons. The summed E-state index contributed by atoms with van der Waals surface area (Å²) < 4.78 is 5.45. The van der Waals surface area contributed by atoms with Gasteiger partial charge in [0.1, 0.15) is 6.04 Å². The average molecular weight is 406 g/mol. The molecule has 6 heteroatoms. The molecule has 1 heterocycles. The maximum absolute atomic E-state index is 12.8. The maximum atomic E-state index is 12.8. The number of aromatic nitrogens is 1. The molecule has 6 nitrogen and oxygen atoms in total. The van der Waals surface area contributed by atoms with Gasteiger partial charge < -0.3 is 15.0 Å². The summed E-state index contributed by atoms with van der Waals surface area (Å²) in [6.45, 7) is 7.06. The Morgan fingerprint density at radius 3 is 2.43 bits per heavy atom. The maximum Gasteiger partial charge on any atom is 0.329 e. The zero-order chi connectivity index (χ0) is 21.8. The predicted molar refractivity (Wildman–Crippen MR) is 115 cm³/mol. The third-order valence-corrected chi connectivity index (χ3v) is 5.00. The Morgan fingerprint density at radius 1 is 1.00 bits per heavy atom. The van der Waals surface area contributed by atoms with Crippen molar-refractivity contribution < 1.29 is 19.1 Å². The van der Waals surface area contributed by atoms with E-state index in [1.54, 1.807) is 31.3 Å². The van der Waals surface area contributed by atoms with Gasteiger partial charge >= 0.3 is 5.97 Å². The molecule has 2 aromatic carbocycles. The number of carbonyl (C=O) groups excluding carboxylic acids is 3. The van der Waals surface area contributed by atoms with Crippen molar-refractivity contribution in [3.05, 3.63) is 71.4 Å². The second-order valence-electron chi connectivity index (χ2n) is 7.76. The van der Waals surface area contributed by atoms with Crippen molar-refractivity contribution in [2.45, 2.75) is 39.8 Å². The zero-order valence-corrected chi connectivity index (χ0v) is 17.6. The van der Waals surface area contributed by atoms with Gasteiger partial charge in [-0.15, -0.1) is 0 Å². The summed E-state index contributed by atoms with van der Waals surface area (Å²) in [5, 5.41) is 3.51. The lowest BCUT2D eigenvalue weighted by Crippen LogP contribution is -2.46. The van der Waals surface area contributed by atoms with E-state index in [1.807, 2.05) is 51.1 Å². The first-order valence-corrected chi connectivity index (χ1v) is 9.96. The van der Waals surface area contributed by atoms with Gasteiger partial charge in [-0.2, -0.15) is 0 Å². The summed E-state index contributed by atoms with van der Waals surface area (Å²) in [5.74, 6) is -1.49. The number of benzene rings is 2. The Hall–Kier alpha value is -3.41. The second-order valence-corrected chi connectivity index (χ2v) is 7.76. The molecule has 2 N–H and O–H groups in total. The molecular weight excluding hydrogens is 380 g/mol. The molecule has 3 aromatic rings. The number of rotatable bonds is 7. The molecule has 0 saturated heterocycles. The molecule has 1 aromatic heterocycles. The van der Waals surface area contributed by atoms with Crippen LogP contribution in [0.25, 0.3) is 10.9 Å². The third-order valence-electron chi connectivity index (χ3n) is 5.00. The first-order valence-electron chi connectivity index (χ1n) is 9.96. The first-order chi connectivity index (χ1) is 14.3. The summed E-state index contributed by atoms with van der Waals surface area (Å²) in [5.41, 5.74) is 2.72. The highest BCUT2D eigenvalue weighted by atomic mass is 16.5. The first kappa shape index (κ1) is 21.3. The fourth-order valence-electron chi connectivity index (χ4n) is 3.30. The van der Waals surface area contributed by atoms with Crippen LogP contribution in [0, 0.1) is 12.8 Å². The third kappa shape index (κ3) is 4.59. The molecule has 2 atom stereocenters. The minimum Gasteiger partial charge on any atom is -0.453 e. The van der Waals surface area contributed by atoms with Crippen molar-refractivity contribution in [2.24, 2.45) is 5.92 Å². The van der Waals surface area contributed by atoms with E-state index in [4.69, 9.17) is 4.74 Å². The van der Waals surface area contributed by atoms with Crippen molar-refractivity contribution in [3.8, 4) is 0 Å². The minimum absolute atomic E-state index is 0.207. The summed E-state index contributed by atoms with van der Waals surface area (Å²) in [6.07, 6.45) is 0.644. The Balaban J connectivity index is 1.71. The highest BCUT2D eigenvalue weighted by Gasteiger charge is 2.30. The SMILES string of the molecule is Cc1cccc(C(=O)N[C@H](C(=O)OC(C)C(=O)c2c[nH]c3ccccc23)C(C)C)c1. The molecule has 30 heavy (non-hydrogen) atoms. The van der Waals surface area contributed by atoms with E-state index in [0.717, 1.165) is 16.5 Å². The van der Waals surface area contributed by atoms with Crippen LogP contribution in [-0.4, -0.2) is 34.8 Å². The summed E-state index contributed by atoms with van der Waals surface area (Å²) in [4.78, 5) is 41.2. The average Bonchev–Trinajstić information content (AvgIpc) is 3.14. The molecule has 0 aliphatic rings. The molecule has 0 spiro atoms. The number of esters is 1. The molecular formula is C24H26N2O4. The van der Waals surface area contributed by atoms with E-state index in [0.29, 0.717) is 11.1 Å². The van der Waals surface area contributed by atoms with Crippen molar-refractivity contribution >= 4 is 28.6 Å². The normalized spacial score (nSPS) is 13.1. The monoisotopic (exact) mass is 406 g/mol. The van der Waals surface area contributed by atoms with Crippen LogP contribution in [0.2, 0.25) is 0 Å². The van der Waals surface area contributed by atoms with Crippen molar-refractivity contribution in [1.29, 1.82) is 0 Å². The lowest BCUT2D eigenvalue weighted by Gasteiger charge is -2.23. The van der Waals surface area contributed by atoms with Gasteiger partial charge in [0, 0.05) is 28.2 Å². The Morgan fingerprint density at radius 2 is 1.73 bits per heavy atom. The van der Waals surface area contributed by atoms with Gasteiger partial charge in [0.2, 0.25) is 5.78 Å². The quantitative estimate of drug-likeness (QED) is 0.458. The number of hydrogen-bond donors (Lipinski definition) is 2. The van der Waals surface area contributed by atoms with Crippen molar-refractivity contribution in [3.63, 3.8) is 0 Å². The van der Waals surface area contributed by atoms with Crippen molar-refractivity contribution in [2.75, 3.05) is 0 Å². The molecule has 0 aliphatic heterocycles. The van der Waals surface area contributed by atoms with E-state index < -0.39 is 18.1 Å². The number of ketones is 1. The largest absolute Gasteiger partial charge is 0.453 e. The van der Waals surface area contributed by atoms with Gasteiger partial charge in [-0.05, 0) is 38.0 Å². The molecule has 0 bridgehead atoms. The number of H-pyrrole nitrogens is 1. The molecule has 0 fully saturated rings. The Labute approximate surface area is 175 Å². The van der Waals surface area contributed by atoms with Crippen LogP contribution in [-0.2, 0) is 9.53 Å². The van der Waals surface area contributed by atoms with Gasteiger partial charge in [0.25, 0.3) is 5.91 Å². The van der Waals surface area contributed by atoms with Crippen LogP contribution >= 0.6 is 0 Å². The predicted octanol–water partition coefficient (Wildman–Crippen LogP) is 4.05. The number of carbonyl (C=O) groups is 3. The van der Waals surface area contributed by atoms with Gasteiger partial charge in [-0.1, -0.05) is 49.7 Å². The number of Topliss-reactive ketones (excluding diaryl/α,β-unsaturated/α-hetero) is 1. The van der Waals surface area contributed by atoms with Crippen LogP contribution in [0.1, 0.15) is 47.1 Å². The van der Waals surface area contributed by atoms with E-state index in [1.165, 1.54) is 0 Å². The van der Waals surface area contributed by atoms with E-state index in [9.17, 15) is 14.4 Å². The van der Waals surface area contributed by atoms with Crippen LogP contribution in [0.15, 0.2) is 54.7 Å². The summed E-state index contributed by atoms with van der Waals surface area (Å²) >= 11 is 0. The van der Waals surface area contributed by atoms with E-state index in [-0.39, 0.29) is 17.6 Å². The van der Waals surface area contributed by atoms with Crippen LogP contribution in [0.5, 0.6) is 0 Å². The lowest BCUT2D eigenvalue weighted by atomic mass is 10.0. The zero-order valence-electron chi connectivity index (χ0n) is 17.6. The number of nitrogens with one attached hydrogen (secondary N) is 2. The van der Waals surface area contributed by atoms with Crippen LogP contribution < -0.4 is 5.32 Å². The number of ether oxygens (including phenoxy) is 1. The van der Waals surface area contributed by atoms with Gasteiger partial charge in [0.15, 0.2) is 6.10 Å². The van der Waals surface area contributed by atoms with Crippen molar-refractivity contribution in [1.82, 2.24) is 10.3 Å². The minimum atomic E-state index is -0.978. The van der Waals surface area contributed by atoms with Gasteiger partial charge in [-0.25, -0.2) is 4.79 Å². The number of aryl methyl sites for hydroxylation is 1. The Kier molecular flexibility index (Phi) is 6.35. The fourth-order valence-corrected chi connectivity index (χ4v) is 3.30. The topological polar surface area (TPSA) is 88.3 Å². The lowest BCUT2D eigenvalue weighted by molar-refractivity contribution is -0.149. The van der Waals surface area contributed by atoms with Crippen LogP contribution in [0.4, 0.5) is 0 Å². The summed E-state index contributed by atoms with van der Waals surface area (Å²) in [7, 11) is 0. The number of aromatic amines is 1. The second kappa shape index (κ2) is 8.95. The number of hydrogen-bond acceptors (Lipinski definition) is 4. The number of fused-ring (bicyclic) bond motifs is 1. The van der Waals surface area contributed by atoms with Gasteiger partial charge in [-0.3, -0.25) is 9.59 Å². The molecule has 0 saturated carbocycles. The number of amides is 1. The highest BCUT2D eigenvalue weighted by molar-refractivity contribution is 6.10. The number of para-hydroxylation sites is 1. The highest BCUT2D eigenvalue weighted by Crippen LogP contribution is 2.20. The van der Waals surface area contributed by atoms with E-state index >= 15 is 0 Å². The van der Waals surface area contributed by atoms with E-state index in [2.05, 4.69) is 10.3 Å².